The molecule has 2 rings (SSSR count). The molecule has 5 heteroatoms. The molecule has 0 aliphatic rings. The summed E-state index contributed by atoms with van der Waals surface area (Å²) in [5.74, 6) is 0. The molecule has 1 unspecified atom stereocenters. The molecule has 0 saturated heterocycles. The summed E-state index contributed by atoms with van der Waals surface area (Å²) in [5.41, 5.74) is 1.83. The molecule has 0 fully saturated rings. The van der Waals surface area contributed by atoms with Crippen LogP contribution in [0.15, 0.2) is 30.5 Å². The minimum atomic E-state index is 0.172. The lowest BCUT2D eigenvalue weighted by atomic mass is 10.2. The fourth-order valence-electron chi connectivity index (χ4n) is 1.50. The van der Waals surface area contributed by atoms with E-state index in [4.69, 9.17) is 11.6 Å². The highest BCUT2D eigenvalue weighted by Gasteiger charge is 2.13. The predicted molar refractivity (Wildman–Crippen MR) is 63.8 cm³/mol. The van der Waals surface area contributed by atoms with Crippen LogP contribution in [0.4, 0.5) is 0 Å². The van der Waals surface area contributed by atoms with Gasteiger partial charge in [-0.3, -0.25) is 0 Å². The minimum absolute atomic E-state index is 0.172. The summed E-state index contributed by atoms with van der Waals surface area (Å²) in [5, 5.41) is 11.8. The van der Waals surface area contributed by atoms with E-state index in [0.29, 0.717) is 5.02 Å². The molecule has 0 amide bonds. The van der Waals surface area contributed by atoms with Gasteiger partial charge in [0.2, 0.25) is 0 Å². The molecule has 84 valence electrons. The van der Waals surface area contributed by atoms with E-state index in [9.17, 15) is 0 Å². The van der Waals surface area contributed by atoms with E-state index in [1.54, 1.807) is 10.9 Å². The number of halogens is 1. The van der Waals surface area contributed by atoms with Crippen molar-refractivity contribution in [3.63, 3.8) is 0 Å². The molecule has 1 aromatic carbocycles. The molecule has 0 aliphatic carbocycles. The van der Waals surface area contributed by atoms with Gasteiger partial charge in [-0.25, -0.2) is 4.68 Å². The van der Waals surface area contributed by atoms with Crippen LogP contribution >= 0.6 is 11.6 Å². The van der Waals surface area contributed by atoms with Crippen molar-refractivity contribution >= 4 is 11.6 Å². The van der Waals surface area contributed by atoms with Crippen molar-refractivity contribution in [3.05, 3.63) is 41.2 Å². The number of hydrogen-bond donors (Lipinski definition) is 1. The third kappa shape index (κ3) is 1.94. The van der Waals surface area contributed by atoms with Gasteiger partial charge in [-0.2, -0.15) is 0 Å². The summed E-state index contributed by atoms with van der Waals surface area (Å²) in [4.78, 5) is 0. The van der Waals surface area contributed by atoms with Crippen LogP contribution in [0.2, 0.25) is 5.02 Å². The fourth-order valence-corrected chi connectivity index (χ4v) is 1.71. The highest BCUT2D eigenvalue weighted by atomic mass is 35.5. The highest BCUT2D eigenvalue weighted by Crippen LogP contribution is 2.22. The number of hydrogen-bond acceptors (Lipinski definition) is 3. The van der Waals surface area contributed by atoms with Crippen LogP contribution in [-0.2, 0) is 0 Å². The Hall–Kier alpha value is -1.39. The first-order valence-electron chi connectivity index (χ1n) is 5.07. The number of para-hydroxylation sites is 1. The predicted octanol–water partition coefficient (Wildman–Crippen LogP) is 2.20. The lowest BCUT2D eigenvalue weighted by molar-refractivity contribution is 0.602. The van der Waals surface area contributed by atoms with Crippen molar-refractivity contribution in [1.29, 1.82) is 0 Å². The fraction of sp³-hybridized carbons (Fsp3) is 0.273. The lowest BCUT2D eigenvalue weighted by Crippen LogP contribution is -2.16. The first kappa shape index (κ1) is 11.1. The molecular formula is C11H13ClN4. The second-order valence-electron chi connectivity index (χ2n) is 3.53. The zero-order valence-electron chi connectivity index (χ0n) is 9.18. The van der Waals surface area contributed by atoms with Crippen molar-refractivity contribution in [2.75, 3.05) is 7.05 Å². The van der Waals surface area contributed by atoms with Crippen molar-refractivity contribution in [1.82, 2.24) is 20.3 Å². The number of nitrogens with one attached hydrogen (secondary N) is 1. The monoisotopic (exact) mass is 236 g/mol. The number of aromatic nitrogens is 3. The Balaban J connectivity index is 2.49. The maximum atomic E-state index is 6.13. The van der Waals surface area contributed by atoms with E-state index in [2.05, 4.69) is 15.6 Å². The normalized spacial score (nSPS) is 12.7. The van der Waals surface area contributed by atoms with E-state index in [1.165, 1.54) is 0 Å². The quantitative estimate of drug-likeness (QED) is 0.889. The number of nitrogens with zero attached hydrogens (tertiary/aromatic N) is 3. The molecule has 0 spiro atoms. The molecule has 1 atom stereocenters. The molecule has 2 aromatic rings. The average molecular weight is 237 g/mol. The van der Waals surface area contributed by atoms with Crippen LogP contribution in [-0.4, -0.2) is 22.0 Å². The number of benzene rings is 1. The van der Waals surface area contributed by atoms with E-state index < -0.39 is 0 Å². The maximum absolute atomic E-state index is 6.13. The third-order valence-corrected chi connectivity index (χ3v) is 2.85. The molecule has 0 aliphatic heterocycles. The lowest BCUT2D eigenvalue weighted by Gasteiger charge is -2.12. The summed E-state index contributed by atoms with van der Waals surface area (Å²) in [6, 6.07) is 7.75. The molecule has 0 saturated carbocycles. The van der Waals surface area contributed by atoms with Gasteiger partial charge in [0.15, 0.2) is 0 Å². The molecule has 1 aromatic heterocycles. The van der Waals surface area contributed by atoms with E-state index in [1.807, 2.05) is 38.2 Å². The molecule has 1 heterocycles. The summed E-state index contributed by atoms with van der Waals surface area (Å²) in [7, 11) is 1.90. The van der Waals surface area contributed by atoms with Gasteiger partial charge in [-0.15, -0.1) is 5.10 Å². The van der Waals surface area contributed by atoms with Gasteiger partial charge in [-0.1, -0.05) is 28.9 Å². The second kappa shape index (κ2) is 4.63. The highest BCUT2D eigenvalue weighted by molar-refractivity contribution is 6.32. The van der Waals surface area contributed by atoms with E-state index in [0.717, 1.165) is 11.4 Å². The van der Waals surface area contributed by atoms with Crippen LogP contribution in [0.5, 0.6) is 0 Å². The topological polar surface area (TPSA) is 42.7 Å². The summed E-state index contributed by atoms with van der Waals surface area (Å²) in [6.07, 6.45) is 1.74. The molecule has 0 bridgehead atoms. The van der Waals surface area contributed by atoms with Gasteiger partial charge in [-0.05, 0) is 26.1 Å². The zero-order chi connectivity index (χ0) is 11.5. The van der Waals surface area contributed by atoms with Gasteiger partial charge in [0.1, 0.15) is 0 Å². The van der Waals surface area contributed by atoms with Crippen molar-refractivity contribution in [2.45, 2.75) is 13.0 Å². The van der Waals surface area contributed by atoms with Crippen LogP contribution in [0.3, 0.4) is 0 Å². The third-order valence-electron chi connectivity index (χ3n) is 2.53. The Morgan fingerprint density at radius 3 is 2.81 bits per heavy atom. The van der Waals surface area contributed by atoms with Gasteiger partial charge in [0.25, 0.3) is 0 Å². The van der Waals surface area contributed by atoms with Crippen LogP contribution < -0.4 is 5.32 Å². The second-order valence-corrected chi connectivity index (χ2v) is 3.94. The Labute approximate surface area is 99.2 Å². The summed E-state index contributed by atoms with van der Waals surface area (Å²) < 4.78 is 1.75. The van der Waals surface area contributed by atoms with Crippen molar-refractivity contribution in [3.8, 4) is 5.69 Å². The van der Waals surface area contributed by atoms with Crippen molar-refractivity contribution in [2.24, 2.45) is 0 Å². The first-order valence-corrected chi connectivity index (χ1v) is 5.44. The Morgan fingerprint density at radius 2 is 2.12 bits per heavy atom. The number of rotatable bonds is 3. The standard InChI is InChI=1S/C11H13ClN4/c1-8(13-2)11-7-14-15-16(11)10-6-4-3-5-9(10)12/h3-8,13H,1-2H3. The summed E-state index contributed by atoms with van der Waals surface area (Å²) in [6.45, 7) is 2.05. The van der Waals surface area contributed by atoms with Crippen LogP contribution in [0, 0.1) is 0 Å². The Morgan fingerprint density at radius 1 is 1.38 bits per heavy atom. The minimum Gasteiger partial charge on any atom is -0.312 e. The Bertz CT molecular complexity index is 480. The van der Waals surface area contributed by atoms with Gasteiger partial charge < -0.3 is 5.32 Å². The molecule has 0 radical (unpaired) electrons. The average Bonchev–Trinajstić information content (AvgIpc) is 2.77. The SMILES string of the molecule is CNC(C)c1cnnn1-c1ccccc1Cl. The first-order chi connectivity index (χ1) is 7.74. The van der Waals surface area contributed by atoms with E-state index in [-0.39, 0.29) is 6.04 Å². The van der Waals surface area contributed by atoms with Crippen molar-refractivity contribution < 1.29 is 0 Å². The summed E-state index contributed by atoms with van der Waals surface area (Å²) >= 11 is 6.13. The maximum Gasteiger partial charge on any atom is 0.0853 e. The largest absolute Gasteiger partial charge is 0.312 e. The molecule has 16 heavy (non-hydrogen) atoms. The van der Waals surface area contributed by atoms with Gasteiger partial charge in [0, 0.05) is 6.04 Å². The van der Waals surface area contributed by atoms with Crippen LogP contribution in [0.1, 0.15) is 18.7 Å². The zero-order valence-corrected chi connectivity index (χ0v) is 9.94. The molecular weight excluding hydrogens is 224 g/mol. The van der Waals surface area contributed by atoms with Gasteiger partial charge >= 0.3 is 0 Å². The molecule has 1 N–H and O–H groups in total. The van der Waals surface area contributed by atoms with Gasteiger partial charge in [0.05, 0.1) is 22.6 Å². The smallest absolute Gasteiger partial charge is 0.0853 e. The van der Waals surface area contributed by atoms with Crippen LogP contribution in [0.25, 0.3) is 5.69 Å². The Kier molecular flexibility index (Phi) is 3.22. The van der Waals surface area contributed by atoms with E-state index >= 15 is 0 Å². The molecule has 4 nitrogen and oxygen atoms in total.